The minimum absolute atomic E-state index is 0.0655. The lowest BCUT2D eigenvalue weighted by molar-refractivity contribution is -0.132. The number of carbonyl (C=O) groups excluding carboxylic acids is 1. The third-order valence-corrected chi connectivity index (χ3v) is 5.35. The fourth-order valence-corrected chi connectivity index (χ4v) is 3.71. The van der Waals surface area contributed by atoms with Crippen molar-refractivity contribution in [2.24, 2.45) is 0 Å². The smallest absolute Gasteiger partial charge is 0.249 e. The van der Waals surface area contributed by atoms with E-state index in [2.05, 4.69) is 24.0 Å². The predicted octanol–water partition coefficient (Wildman–Crippen LogP) is 5.46. The average Bonchev–Trinajstić information content (AvgIpc) is 3.34. The molecule has 5 heteroatoms. The molecule has 1 aliphatic heterocycles. The predicted molar refractivity (Wildman–Crippen MR) is 106 cm³/mol. The molecular formula is C22H31N3O2. The first-order valence-corrected chi connectivity index (χ1v) is 10.4. The van der Waals surface area contributed by atoms with E-state index in [0.29, 0.717) is 18.1 Å². The highest BCUT2D eigenvalue weighted by atomic mass is 16.5. The SMILES string of the molecule is CCCCCCCCC(=O)N1CCCC1c1nc(-c2ccc(C)cc2)no1. The largest absolute Gasteiger partial charge is 0.337 e. The van der Waals surface area contributed by atoms with Gasteiger partial charge in [0.1, 0.15) is 6.04 Å². The van der Waals surface area contributed by atoms with Crippen LogP contribution in [0.2, 0.25) is 0 Å². The number of likely N-dealkylation sites (tertiary alicyclic amines) is 1. The zero-order chi connectivity index (χ0) is 19.1. The Bertz CT molecular complexity index is 723. The first kappa shape index (κ1) is 19.6. The van der Waals surface area contributed by atoms with Gasteiger partial charge in [-0.25, -0.2) is 0 Å². The number of amides is 1. The number of hydrogen-bond acceptors (Lipinski definition) is 4. The maximum absolute atomic E-state index is 12.7. The number of unbranched alkanes of at least 4 members (excludes halogenated alkanes) is 5. The zero-order valence-electron chi connectivity index (χ0n) is 16.6. The van der Waals surface area contributed by atoms with Crippen LogP contribution >= 0.6 is 0 Å². The lowest BCUT2D eigenvalue weighted by atomic mass is 10.1. The maximum Gasteiger partial charge on any atom is 0.249 e. The monoisotopic (exact) mass is 369 g/mol. The molecule has 2 heterocycles. The van der Waals surface area contributed by atoms with Gasteiger partial charge in [0.2, 0.25) is 17.6 Å². The normalized spacial score (nSPS) is 16.8. The summed E-state index contributed by atoms with van der Waals surface area (Å²) in [6.45, 7) is 5.07. The van der Waals surface area contributed by atoms with Gasteiger partial charge in [0.15, 0.2) is 0 Å². The van der Waals surface area contributed by atoms with Crippen LogP contribution in [-0.4, -0.2) is 27.5 Å². The Hall–Kier alpha value is -2.17. The number of rotatable bonds is 9. The van der Waals surface area contributed by atoms with Crippen LogP contribution in [-0.2, 0) is 4.79 Å². The molecule has 1 saturated heterocycles. The summed E-state index contributed by atoms with van der Waals surface area (Å²) in [5.41, 5.74) is 2.14. The lowest BCUT2D eigenvalue weighted by Gasteiger charge is -2.21. The lowest BCUT2D eigenvalue weighted by Crippen LogP contribution is -2.30. The van der Waals surface area contributed by atoms with Gasteiger partial charge >= 0.3 is 0 Å². The molecule has 0 spiro atoms. The van der Waals surface area contributed by atoms with E-state index in [4.69, 9.17) is 4.52 Å². The van der Waals surface area contributed by atoms with Crippen LogP contribution in [0, 0.1) is 6.92 Å². The van der Waals surface area contributed by atoms with E-state index in [-0.39, 0.29) is 11.9 Å². The molecule has 1 aliphatic rings. The van der Waals surface area contributed by atoms with Gasteiger partial charge in [0.05, 0.1) is 0 Å². The van der Waals surface area contributed by atoms with Crippen molar-refractivity contribution in [3.8, 4) is 11.4 Å². The van der Waals surface area contributed by atoms with Gasteiger partial charge in [-0.05, 0) is 26.2 Å². The minimum Gasteiger partial charge on any atom is -0.337 e. The molecule has 2 aromatic rings. The molecule has 5 nitrogen and oxygen atoms in total. The first-order chi connectivity index (χ1) is 13.2. The summed E-state index contributed by atoms with van der Waals surface area (Å²) < 4.78 is 5.53. The molecule has 3 rings (SSSR count). The molecule has 1 unspecified atom stereocenters. The Morgan fingerprint density at radius 2 is 1.89 bits per heavy atom. The van der Waals surface area contributed by atoms with Gasteiger partial charge in [-0.15, -0.1) is 0 Å². The first-order valence-electron chi connectivity index (χ1n) is 10.4. The second-order valence-electron chi connectivity index (χ2n) is 7.59. The maximum atomic E-state index is 12.7. The minimum atomic E-state index is -0.0655. The van der Waals surface area contributed by atoms with Gasteiger partial charge in [0, 0.05) is 18.5 Å². The van der Waals surface area contributed by atoms with Gasteiger partial charge in [-0.1, -0.05) is 74.0 Å². The molecule has 0 N–H and O–H groups in total. The van der Waals surface area contributed by atoms with Crippen LogP contribution in [0.25, 0.3) is 11.4 Å². The van der Waals surface area contributed by atoms with Crippen LogP contribution in [0.15, 0.2) is 28.8 Å². The molecule has 0 aliphatic carbocycles. The van der Waals surface area contributed by atoms with Crippen molar-refractivity contribution in [1.82, 2.24) is 15.0 Å². The number of benzene rings is 1. The fourth-order valence-electron chi connectivity index (χ4n) is 3.71. The molecule has 0 radical (unpaired) electrons. The molecular weight excluding hydrogens is 338 g/mol. The van der Waals surface area contributed by atoms with Gasteiger partial charge < -0.3 is 9.42 Å². The van der Waals surface area contributed by atoms with Crippen molar-refractivity contribution in [3.05, 3.63) is 35.7 Å². The third kappa shape index (κ3) is 5.18. The standard InChI is InChI=1S/C22H31N3O2/c1-3-4-5-6-7-8-11-20(26)25-16-9-10-19(25)22-23-21(24-27-22)18-14-12-17(2)13-15-18/h12-15,19H,3-11,16H2,1-2H3. The van der Waals surface area contributed by atoms with Crippen LogP contribution in [0.4, 0.5) is 0 Å². The molecule has 1 aromatic heterocycles. The molecule has 0 bridgehead atoms. The number of aromatic nitrogens is 2. The second kappa shape index (κ2) is 9.67. The summed E-state index contributed by atoms with van der Waals surface area (Å²) in [6, 6.07) is 8.01. The summed E-state index contributed by atoms with van der Waals surface area (Å²) >= 11 is 0. The van der Waals surface area contributed by atoms with Gasteiger partial charge in [-0.2, -0.15) is 4.98 Å². The Morgan fingerprint density at radius 1 is 1.15 bits per heavy atom. The number of hydrogen-bond donors (Lipinski definition) is 0. The summed E-state index contributed by atoms with van der Waals surface area (Å²) in [5, 5.41) is 4.13. The highest BCUT2D eigenvalue weighted by Crippen LogP contribution is 2.32. The van der Waals surface area contributed by atoms with Crippen molar-refractivity contribution in [2.45, 2.75) is 77.7 Å². The van der Waals surface area contributed by atoms with Crippen molar-refractivity contribution in [1.29, 1.82) is 0 Å². The summed E-state index contributed by atoms with van der Waals surface area (Å²) in [6.07, 6.45) is 9.70. The fraction of sp³-hybridized carbons (Fsp3) is 0.591. The van der Waals surface area contributed by atoms with Crippen molar-refractivity contribution in [3.63, 3.8) is 0 Å². The van der Waals surface area contributed by atoms with Crippen LogP contribution < -0.4 is 0 Å². The molecule has 1 aromatic carbocycles. The van der Waals surface area contributed by atoms with E-state index in [1.807, 2.05) is 29.2 Å². The van der Waals surface area contributed by atoms with Crippen LogP contribution in [0.3, 0.4) is 0 Å². The van der Waals surface area contributed by atoms with Gasteiger partial charge in [-0.3, -0.25) is 4.79 Å². The van der Waals surface area contributed by atoms with Crippen LogP contribution in [0.1, 0.15) is 82.2 Å². The molecule has 27 heavy (non-hydrogen) atoms. The third-order valence-electron chi connectivity index (χ3n) is 5.35. The highest BCUT2D eigenvalue weighted by Gasteiger charge is 2.33. The van der Waals surface area contributed by atoms with E-state index in [0.717, 1.165) is 37.8 Å². The second-order valence-corrected chi connectivity index (χ2v) is 7.59. The van der Waals surface area contributed by atoms with E-state index >= 15 is 0 Å². The Labute approximate surface area is 162 Å². The van der Waals surface area contributed by atoms with E-state index < -0.39 is 0 Å². The highest BCUT2D eigenvalue weighted by molar-refractivity contribution is 5.76. The van der Waals surface area contributed by atoms with Crippen LogP contribution in [0.5, 0.6) is 0 Å². The molecule has 1 amide bonds. The zero-order valence-corrected chi connectivity index (χ0v) is 16.6. The average molecular weight is 370 g/mol. The van der Waals surface area contributed by atoms with Crippen molar-refractivity contribution in [2.75, 3.05) is 6.54 Å². The number of carbonyl (C=O) groups is 1. The Kier molecular flexibility index (Phi) is 7.02. The van der Waals surface area contributed by atoms with Gasteiger partial charge in [0.25, 0.3) is 0 Å². The Morgan fingerprint density at radius 3 is 2.67 bits per heavy atom. The van der Waals surface area contributed by atoms with E-state index in [9.17, 15) is 4.79 Å². The molecule has 1 fully saturated rings. The van der Waals surface area contributed by atoms with Crippen molar-refractivity contribution < 1.29 is 9.32 Å². The molecule has 0 saturated carbocycles. The molecule has 1 atom stereocenters. The summed E-state index contributed by atoms with van der Waals surface area (Å²) in [7, 11) is 0. The number of aryl methyl sites for hydroxylation is 1. The molecule has 146 valence electrons. The quantitative estimate of drug-likeness (QED) is 0.551. The summed E-state index contributed by atoms with van der Waals surface area (Å²) in [5.74, 6) is 1.39. The topological polar surface area (TPSA) is 59.2 Å². The van der Waals surface area contributed by atoms with E-state index in [1.54, 1.807) is 0 Å². The van der Waals surface area contributed by atoms with Crippen molar-refractivity contribution >= 4 is 5.91 Å². The van der Waals surface area contributed by atoms with E-state index in [1.165, 1.54) is 31.2 Å². The Balaban J connectivity index is 1.56. The number of nitrogens with zero attached hydrogens (tertiary/aromatic N) is 3. The summed E-state index contributed by atoms with van der Waals surface area (Å²) in [4.78, 5) is 19.2.